The van der Waals surface area contributed by atoms with Crippen molar-refractivity contribution in [1.29, 1.82) is 0 Å². The smallest absolute Gasteiger partial charge is 0.305 e. The Balaban J connectivity index is 1.16. The average molecular weight is 507 g/mol. The molecule has 3 heterocycles. The van der Waals surface area contributed by atoms with E-state index >= 15 is 0 Å². The number of hydrogen-bond acceptors (Lipinski definition) is 7. The predicted molar refractivity (Wildman–Crippen MR) is 137 cm³/mol. The Morgan fingerprint density at radius 2 is 1.89 bits per heavy atom. The maximum Gasteiger partial charge on any atom is 0.305 e. The number of likely N-dealkylation sites (tertiary alicyclic amines) is 2. The monoisotopic (exact) mass is 506 g/mol. The summed E-state index contributed by atoms with van der Waals surface area (Å²) < 4.78 is 10.7. The highest BCUT2D eigenvalue weighted by Crippen LogP contribution is 2.38. The van der Waals surface area contributed by atoms with Gasteiger partial charge in [0.2, 0.25) is 0 Å². The number of carbonyl (C=O) groups excluding carboxylic acids is 2. The zero-order valence-electron chi connectivity index (χ0n) is 20.8. The number of halogens is 1. The van der Waals surface area contributed by atoms with E-state index in [1.54, 1.807) is 6.07 Å². The topological polar surface area (TPSA) is 97.1 Å². The molecular weight excluding hydrogens is 468 g/mol. The number of benzene rings is 1. The lowest BCUT2D eigenvalue weighted by atomic mass is 9.94. The van der Waals surface area contributed by atoms with Gasteiger partial charge < -0.3 is 30.3 Å². The number of esters is 1. The minimum absolute atomic E-state index is 0.0866. The van der Waals surface area contributed by atoms with Gasteiger partial charge in [0.15, 0.2) is 0 Å². The summed E-state index contributed by atoms with van der Waals surface area (Å²) in [5.74, 6) is 1.10. The van der Waals surface area contributed by atoms with Gasteiger partial charge in [-0.1, -0.05) is 11.6 Å². The number of carbonyl (C=O) groups is 2. The number of amides is 1. The van der Waals surface area contributed by atoms with E-state index in [-0.39, 0.29) is 17.9 Å². The van der Waals surface area contributed by atoms with Crippen LogP contribution in [-0.4, -0.2) is 80.2 Å². The number of anilines is 1. The molecule has 1 amide bonds. The molecule has 3 aliphatic rings. The van der Waals surface area contributed by atoms with Gasteiger partial charge in [-0.15, -0.1) is 0 Å². The number of fused-ring (bicyclic) bond motifs is 1. The van der Waals surface area contributed by atoms with Gasteiger partial charge >= 0.3 is 5.97 Å². The summed E-state index contributed by atoms with van der Waals surface area (Å²) in [5, 5.41) is 3.61. The van der Waals surface area contributed by atoms with E-state index in [4.69, 9.17) is 26.8 Å². The summed E-state index contributed by atoms with van der Waals surface area (Å²) in [5.41, 5.74) is 7.92. The van der Waals surface area contributed by atoms with E-state index in [1.807, 2.05) is 6.92 Å². The first kappa shape index (κ1) is 26.0. The summed E-state index contributed by atoms with van der Waals surface area (Å²) in [7, 11) is 0. The fourth-order valence-electron chi connectivity index (χ4n) is 5.50. The molecule has 8 nitrogen and oxygen atoms in total. The molecule has 0 unspecified atom stereocenters. The molecule has 1 aromatic rings. The van der Waals surface area contributed by atoms with Gasteiger partial charge in [-0.05, 0) is 70.6 Å². The number of nitrogen functional groups attached to an aromatic ring is 1. The first-order valence-corrected chi connectivity index (χ1v) is 13.5. The van der Waals surface area contributed by atoms with Crippen LogP contribution in [0.1, 0.15) is 61.4 Å². The molecular formula is C26H39ClN4O4. The number of rotatable bonds is 9. The van der Waals surface area contributed by atoms with Crippen LogP contribution in [0.15, 0.2) is 6.07 Å². The summed E-state index contributed by atoms with van der Waals surface area (Å²) in [6, 6.07) is 1.79. The third-order valence-electron chi connectivity index (χ3n) is 7.52. The van der Waals surface area contributed by atoms with Crippen LogP contribution in [0, 0.1) is 5.92 Å². The van der Waals surface area contributed by atoms with Crippen molar-refractivity contribution in [3.63, 3.8) is 0 Å². The predicted octanol–water partition coefficient (Wildman–Crippen LogP) is 3.11. The Kier molecular flexibility index (Phi) is 9.14. The van der Waals surface area contributed by atoms with E-state index < -0.39 is 0 Å². The summed E-state index contributed by atoms with van der Waals surface area (Å²) in [4.78, 5) is 29.5. The lowest BCUT2D eigenvalue weighted by molar-refractivity contribution is -0.143. The largest absolute Gasteiger partial charge is 0.492 e. The Labute approximate surface area is 213 Å². The fraction of sp³-hybridized carbons (Fsp3) is 0.692. The van der Waals surface area contributed by atoms with Crippen LogP contribution in [0.3, 0.4) is 0 Å². The van der Waals surface area contributed by atoms with Crippen molar-refractivity contribution < 1.29 is 19.1 Å². The minimum Gasteiger partial charge on any atom is -0.492 e. The van der Waals surface area contributed by atoms with Gasteiger partial charge in [-0.25, -0.2) is 0 Å². The molecule has 0 saturated carbocycles. The van der Waals surface area contributed by atoms with E-state index in [1.165, 1.54) is 12.8 Å². The van der Waals surface area contributed by atoms with E-state index in [2.05, 4.69) is 15.1 Å². The highest BCUT2D eigenvalue weighted by atomic mass is 35.5. The Bertz CT molecular complexity index is 896. The molecule has 0 spiro atoms. The van der Waals surface area contributed by atoms with Crippen LogP contribution in [0.4, 0.5) is 5.69 Å². The number of hydrogen-bond donors (Lipinski definition) is 2. The molecule has 0 atom stereocenters. The van der Waals surface area contributed by atoms with Gasteiger partial charge in [0, 0.05) is 44.1 Å². The molecule has 2 fully saturated rings. The standard InChI is InChI=1S/C26H39ClN4O4/c1-2-34-23(32)4-3-10-30-11-5-18(6-12-30)17-31-13-7-19(8-14-31)29-26(33)21-16-22(27)24(28)20-9-15-35-25(20)21/h16,18-19H,2-15,17,28H2,1H3,(H,29,33). The molecule has 0 aromatic heterocycles. The Morgan fingerprint density at radius 1 is 1.17 bits per heavy atom. The first-order valence-electron chi connectivity index (χ1n) is 13.1. The lowest BCUT2D eigenvalue weighted by Crippen LogP contribution is -2.47. The van der Waals surface area contributed by atoms with Crippen molar-refractivity contribution >= 4 is 29.2 Å². The molecule has 9 heteroatoms. The van der Waals surface area contributed by atoms with E-state index in [9.17, 15) is 9.59 Å². The maximum atomic E-state index is 13.0. The van der Waals surface area contributed by atoms with Gasteiger partial charge in [-0.2, -0.15) is 0 Å². The van der Waals surface area contributed by atoms with Crippen molar-refractivity contribution in [1.82, 2.24) is 15.1 Å². The summed E-state index contributed by atoms with van der Waals surface area (Å²) >= 11 is 6.27. The van der Waals surface area contributed by atoms with Gasteiger partial charge in [0.05, 0.1) is 29.5 Å². The molecule has 194 valence electrons. The molecule has 35 heavy (non-hydrogen) atoms. The lowest BCUT2D eigenvalue weighted by Gasteiger charge is -2.37. The highest BCUT2D eigenvalue weighted by Gasteiger charge is 2.29. The Hall–Kier alpha value is -2.03. The van der Waals surface area contributed by atoms with Crippen molar-refractivity contribution in [2.45, 2.75) is 57.9 Å². The quantitative estimate of drug-likeness (QED) is 0.392. The molecule has 1 aromatic carbocycles. The number of ether oxygens (including phenoxy) is 2. The summed E-state index contributed by atoms with van der Waals surface area (Å²) in [6.45, 7) is 9.17. The van der Waals surface area contributed by atoms with Crippen LogP contribution in [0.5, 0.6) is 5.75 Å². The second kappa shape index (κ2) is 12.3. The van der Waals surface area contributed by atoms with E-state index in [0.29, 0.717) is 48.1 Å². The first-order chi connectivity index (χ1) is 16.9. The number of nitrogens with zero attached hydrogens (tertiary/aromatic N) is 2. The average Bonchev–Trinajstić information content (AvgIpc) is 3.34. The zero-order chi connectivity index (χ0) is 24.8. The minimum atomic E-state index is -0.126. The van der Waals surface area contributed by atoms with Crippen LogP contribution in [-0.2, 0) is 16.0 Å². The van der Waals surface area contributed by atoms with E-state index in [0.717, 1.165) is 70.0 Å². The van der Waals surface area contributed by atoms with Crippen molar-refractivity contribution in [3.8, 4) is 5.75 Å². The number of piperidine rings is 2. The number of nitrogens with one attached hydrogen (secondary N) is 1. The molecule has 0 aliphatic carbocycles. The molecule has 0 bridgehead atoms. The molecule has 3 aliphatic heterocycles. The second-order valence-electron chi connectivity index (χ2n) is 9.97. The van der Waals surface area contributed by atoms with Gasteiger partial charge in [0.25, 0.3) is 5.91 Å². The SMILES string of the molecule is CCOC(=O)CCCN1CCC(CN2CCC(NC(=O)c3cc(Cl)c(N)c4c3OCC4)CC2)CC1. The third kappa shape index (κ3) is 6.80. The highest BCUT2D eigenvalue weighted by molar-refractivity contribution is 6.33. The fourth-order valence-corrected chi connectivity index (χ4v) is 5.72. The van der Waals surface area contributed by atoms with Crippen LogP contribution in [0.2, 0.25) is 5.02 Å². The maximum absolute atomic E-state index is 13.0. The zero-order valence-corrected chi connectivity index (χ0v) is 21.6. The van der Waals surface area contributed by atoms with Crippen LogP contribution >= 0.6 is 11.6 Å². The molecule has 4 rings (SSSR count). The van der Waals surface area contributed by atoms with Crippen LogP contribution in [0.25, 0.3) is 0 Å². The molecule has 3 N–H and O–H groups in total. The van der Waals surface area contributed by atoms with Gasteiger partial charge in [-0.3, -0.25) is 9.59 Å². The molecule has 0 radical (unpaired) electrons. The van der Waals surface area contributed by atoms with Gasteiger partial charge in [0.1, 0.15) is 5.75 Å². The third-order valence-corrected chi connectivity index (χ3v) is 7.83. The normalized spacial score (nSPS) is 19.8. The Morgan fingerprint density at radius 3 is 2.60 bits per heavy atom. The van der Waals surface area contributed by atoms with Crippen molar-refractivity contribution in [3.05, 3.63) is 22.2 Å². The van der Waals surface area contributed by atoms with Crippen LogP contribution < -0.4 is 15.8 Å². The van der Waals surface area contributed by atoms with Crippen molar-refractivity contribution in [2.75, 3.05) is 58.2 Å². The number of nitrogens with two attached hydrogens (primary N) is 1. The second-order valence-corrected chi connectivity index (χ2v) is 10.4. The van der Waals surface area contributed by atoms with Crippen molar-refractivity contribution in [2.24, 2.45) is 5.92 Å². The molecule has 2 saturated heterocycles. The summed E-state index contributed by atoms with van der Waals surface area (Å²) in [6.07, 6.45) is 6.39.